The maximum atomic E-state index is 13.2. The van der Waals surface area contributed by atoms with E-state index in [1.807, 2.05) is 30.3 Å². The van der Waals surface area contributed by atoms with E-state index in [4.69, 9.17) is 4.74 Å². The minimum atomic E-state index is -0.262. The Kier molecular flexibility index (Phi) is 7.22. The molecule has 1 aliphatic heterocycles. The van der Waals surface area contributed by atoms with Crippen LogP contribution >= 0.6 is 0 Å². The summed E-state index contributed by atoms with van der Waals surface area (Å²) in [4.78, 5) is 12.0. The molecule has 1 aliphatic rings. The van der Waals surface area contributed by atoms with Crippen LogP contribution in [0.2, 0.25) is 0 Å². The first kappa shape index (κ1) is 19.4. The molecule has 3 rings (SSSR count). The largest absolute Gasteiger partial charge is 0.489 e. The molecule has 1 fully saturated rings. The molecule has 0 bridgehead atoms. The number of rotatable bonds is 8. The fraction of sp³-hybridized carbons (Fsp3) is 0.409. The lowest BCUT2D eigenvalue weighted by molar-refractivity contribution is -0.121. The summed E-state index contributed by atoms with van der Waals surface area (Å²) in [5.74, 6) is 1.24. The number of amides is 1. The van der Waals surface area contributed by atoms with Gasteiger partial charge in [0.1, 0.15) is 18.2 Å². The van der Waals surface area contributed by atoms with Gasteiger partial charge in [-0.3, -0.25) is 4.79 Å². The van der Waals surface area contributed by atoms with Crippen LogP contribution in [0.25, 0.3) is 0 Å². The van der Waals surface area contributed by atoms with Gasteiger partial charge >= 0.3 is 0 Å². The predicted molar refractivity (Wildman–Crippen MR) is 104 cm³/mol. The Hall–Kier alpha value is -2.40. The Labute approximate surface area is 160 Å². The quantitative estimate of drug-likeness (QED) is 0.743. The standard InChI is InChI=1S/C22H27FN2O2/c23-20-3-1-2-19(14-20)16-27-21-7-4-18(5-8-21)15-25-22(26)9-6-17-10-12-24-13-11-17/h1-5,7-8,14,17,24H,6,9-13,15-16H2,(H,25,26). The fourth-order valence-corrected chi connectivity index (χ4v) is 3.29. The Bertz CT molecular complexity index is 727. The summed E-state index contributed by atoms with van der Waals surface area (Å²) in [6.07, 6.45) is 3.91. The highest BCUT2D eigenvalue weighted by Gasteiger charge is 2.14. The second kappa shape index (κ2) is 10.1. The molecule has 0 unspecified atom stereocenters. The summed E-state index contributed by atoms with van der Waals surface area (Å²) in [6.45, 7) is 2.99. The molecule has 2 N–H and O–H groups in total. The average molecular weight is 370 g/mol. The Morgan fingerprint density at radius 1 is 1.11 bits per heavy atom. The Morgan fingerprint density at radius 3 is 2.63 bits per heavy atom. The molecule has 0 aromatic heterocycles. The van der Waals surface area contributed by atoms with E-state index in [1.54, 1.807) is 6.07 Å². The fourth-order valence-electron chi connectivity index (χ4n) is 3.29. The molecule has 0 atom stereocenters. The van der Waals surface area contributed by atoms with E-state index in [9.17, 15) is 9.18 Å². The van der Waals surface area contributed by atoms with Gasteiger partial charge in [-0.25, -0.2) is 4.39 Å². The van der Waals surface area contributed by atoms with Gasteiger partial charge in [-0.1, -0.05) is 24.3 Å². The molecule has 4 nitrogen and oxygen atoms in total. The summed E-state index contributed by atoms with van der Waals surface area (Å²) in [5.41, 5.74) is 1.82. The molecule has 27 heavy (non-hydrogen) atoms. The zero-order valence-corrected chi connectivity index (χ0v) is 15.5. The Balaban J connectivity index is 1.37. The molecule has 5 heteroatoms. The third kappa shape index (κ3) is 6.68. The maximum absolute atomic E-state index is 13.2. The predicted octanol–water partition coefficient (Wildman–Crippen LogP) is 3.80. The van der Waals surface area contributed by atoms with E-state index in [1.165, 1.54) is 25.0 Å². The lowest BCUT2D eigenvalue weighted by Crippen LogP contribution is -2.29. The highest BCUT2D eigenvalue weighted by Crippen LogP contribution is 2.18. The minimum absolute atomic E-state index is 0.111. The van der Waals surface area contributed by atoms with Crippen molar-refractivity contribution in [2.24, 2.45) is 5.92 Å². The molecular weight excluding hydrogens is 343 g/mol. The molecule has 2 aromatic rings. The van der Waals surface area contributed by atoms with E-state index >= 15 is 0 Å². The third-order valence-electron chi connectivity index (χ3n) is 4.95. The van der Waals surface area contributed by atoms with Crippen molar-refractivity contribution in [2.75, 3.05) is 13.1 Å². The summed E-state index contributed by atoms with van der Waals surface area (Å²) >= 11 is 0. The number of carbonyl (C=O) groups is 1. The lowest BCUT2D eigenvalue weighted by atomic mass is 9.93. The SMILES string of the molecule is O=C(CCC1CCNCC1)NCc1ccc(OCc2cccc(F)c2)cc1. The van der Waals surface area contributed by atoms with Crippen molar-refractivity contribution in [1.82, 2.24) is 10.6 Å². The van der Waals surface area contributed by atoms with E-state index in [2.05, 4.69) is 10.6 Å². The van der Waals surface area contributed by atoms with Crippen LogP contribution in [0.3, 0.4) is 0 Å². The summed E-state index contributed by atoms with van der Waals surface area (Å²) in [5, 5.41) is 6.33. The van der Waals surface area contributed by atoms with Crippen LogP contribution in [0, 0.1) is 11.7 Å². The molecule has 0 spiro atoms. The Morgan fingerprint density at radius 2 is 1.89 bits per heavy atom. The van der Waals surface area contributed by atoms with Gasteiger partial charge in [0.25, 0.3) is 0 Å². The van der Waals surface area contributed by atoms with Gasteiger partial charge in [0.15, 0.2) is 0 Å². The third-order valence-corrected chi connectivity index (χ3v) is 4.95. The summed E-state index contributed by atoms with van der Waals surface area (Å²) < 4.78 is 18.8. The van der Waals surface area contributed by atoms with E-state index in [0.29, 0.717) is 25.5 Å². The van der Waals surface area contributed by atoms with Gasteiger partial charge in [-0.05, 0) is 73.7 Å². The molecule has 1 saturated heterocycles. The van der Waals surface area contributed by atoms with Gasteiger partial charge in [-0.2, -0.15) is 0 Å². The molecule has 2 aromatic carbocycles. The summed E-state index contributed by atoms with van der Waals surface area (Å²) in [6, 6.07) is 14.0. The van der Waals surface area contributed by atoms with Crippen LogP contribution in [0.4, 0.5) is 4.39 Å². The highest BCUT2D eigenvalue weighted by atomic mass is 19.1. The van der Waals surface area contributed by atoms with Crippen LogP contribution in [0.1, 0.15) is 36.8 Å². The number of piperidine rings is 1. The molecule has 0 radical (unpaired) electrons. The number of carbonyl (C=O) groups excluding carboxylic acids is 1. The summed E-state index contributed by atoms with van der Waals surface area (Å²) in [7, 11) is 0. The molecular formula is C22H27FN2O2. The highest BCUT2D eigenvalue weighted by molar-refractivity contribution is 5.75. The van der Waals surface area contributed by atoms with Gasteiger partial charge in [-0.15, -0.1) is 0 Å². The molecule has 1 heterocycles. The van der Waals surface area contributed by atoms with Crippen LogP contribution in [-0.4, -0.2) is 19.0 Å². The van der Waals surface area contributed by atoms with Crippen molar-refractivity contribution in [3.8, 4) is 5.75 Å². The number of hydrogen-bond acceptors (Lipinski definition) is 3. The zero-order chi connectivity index (χ0) is 18.9. The smallest absolute Gasteiger partial charge is 0.220 e. The minimum Gasteiger partial charge on any atom is -0.489 e. The van der Waals surface area contributed by atoms with Gasteiger partial charge in [0, 0.05) is 13.0 Å². The van der Waals surface area contributed by atoms with Crippen molar-refractivity contribution in [2.45, 2.75) is 38.8 Å². The zero-order valence-electron chi connectivity index (χ0n) is 15.5. The van der Waals surface area contributed by atoms with E-state index < -0.39 is 0 Å². The maximum Gasteiger partial charge on any atom is 0.220 e. The van der Waals surface area contributed by atoms with E-state index in [-0.39, 0.29) is 11.7 Å². The number of benzene rings is 2. The number of hydrogen-bond donors (Lipinski definition) is 2. The van der Waals surface area contributed by atoms with Gasteiger partial charge in [0.05, 0.1) is 0 Å². The first-order valence-corrected chi connectivity index (χ1v) is 9.62. The average Bonchev–Trinajstić information content (AvgIpc) is 2.71. The van der Waals surface area contributed by atoms with Crippen molar-refractivity contribution < 1.29 is 13.9 Å². The lowest BCUT2D eigenvalue weighted by Gasteiger charge is -2.22. The van der Waals surface area contributed by atoms with Crippen LogP contribution < -0.4 is 15.4 Å². The number of nitrogens with one attached hydrogen (secondary N) is 2. The molecule has 0 aliphatic carbocycles. The van der Waals surface area contributed by atoms with Gasteiger partial charge < -0.3 is 15.4 Å². The molecule has 144 valence electrons. The number of halogens is 1. The van der Waals surface area contributed by atoms with E-state index in [0.717, 1.165) is 36.4 Å². The van der Waals surface area contributed by atoms with Crippen LogP contribution in [0.15, 0.2) is 48.5 Å². The van der Waals surface area contributed by atoms with Crippen molar-refractivity contribution in [1.29, 1.82) is 0 Å². The van der Waals surface area contributed by atoms with Crippen LogP contribution in [0.5, 0.6) is 5.75 Å². The number of ether oxygens (including phenoxy) is 1. The molecule has 0 saturated carbocycles. The van der Waals surface area contributed by atoms with Crippen molar-refractivity contribution >= 4 is 5.91 Å². The second-order valence-corrected chi connectivity index (χ2v) is 7.07. The van der Waals surface area contributed by atoms with Crippen molar-refractivity contribution in [3.63, 3.8) is 0 Å². The van der Waals surface area contributed by atoms with Gasteiger partial charge in [0.2, 0.25) is 5.91 Å². The van der Waals surface area contributed by atoms with Crippen LogP contribution in [-0.2, 0) is 17.9 Å². The monoisotopic (exact) mass is 370 g/mol. The van der Waals surface area contributed by atoms with Crippen molar-refractivity contribution in [3.05, 3.63) is 65.5 Å². The second-order valence-electron chi connectivity index (χ2n) is 7.07. The topological polar surface area (TPSA) is 50.4 Å². The first-order valence-electron chi connectivity index (χ1n) is 9.62. The normalized spacial score (nSPS) is 14.7. The first-order chi connectivity index (χ1) is 13.2. The molecule has 1 amide bonds.